The smallest absolute Gasteiger partial charge is 0.267 e. The Kier molecular flexibility index (Phi) is 1.42. The summed E-state index contributed by atoms with van der Waals surface area (Å²) < 4.78 is 4.62. The van der Waals surface area contributed by atoms with Crippen molar-refractivity contribution in [3.05, 3.63) is 0 Å². The Morgan fingerprint density at radius 3 is 2.64 bits per heavy atom. The van der Waals surface area contributed by atoms with Crippen molar-refractivity contribution in [3.8, 4) is 0 Å². The van der Waals surface area contributed by atoms with Crippen molar-refractivity contribution < 1.29 is 9.08 Å². The van der Waals surface area contributed by atoms with Crippen LogP contribution < -0.4 is 5.73 Å². The fourth-order valence-corrected chi connectivity index (χ4v) is 2.05. The molecule has 11 heavy (non-hydrogen) atoms. The highest BCUT2D eigenvalue weighted by atomic mass is 32.1. The minimum Gasteiger partial charge on any atom is -0.318 e. The predicted molar refractivity (Wildman–Crippen MR) is 41.5 cm³/mol. The molecule has 1 amide bonds. The number of nitrogens with two attached hydrogens (primary N) is 1. The van der Waals surface area contributed by atoms with Gasteiger partial charge in [-0.2, -0.15) is 5.06 Å². The van der Waals surface area contributed by atoms with Crippen LogP contribution in [0.4, 0.5) is 0 Å². The van der Waals surface area contributed by atoms with Crippen molar-refractivity contribution in [2.45, 2.75) is 30.8 Å². The SMILES string of the molecule is NC1C(=O)N(OS)C12CCC2. The van der Waals surface area contributed by atoms with Crippen LogP contribution in [0.1, 0.15) is 19.3 Å². The molecule has 0 bridgehead atoms. The molecule has 0 radical (unpaired) electrons. The maximum absolute atomic E-state index is 11.0. The standard InChI is InChI=1S/C6H10N2O2S/c7-4-5(9)8(10-11)6(4)2-1-3-6/h4,11H,1-3,7H2. The Balaban J connectivity index is 2.15. The summed E-state index contributed by atoms with van der Waals surface area (Å²) in [5.41, 5.74) is 5.43. The summed E-state index contributed by atoms with van der Waals surface area (Å²) in [7, 11) is 0. The molecule has 1 unspecified atom stereocenters. The second-order valence-electron chi connectivity index (χ2n) is 3.15. The van der Waals surface area contributed by atoms with Crippen molar-refractivity contribution in [2.24, 2.45) is 5.73 Å². The Hall–Kier alpha value is -0.260. The highest BCUT2D eigenvalue weighted by Crippen LogP contribution is 2.47. The van der Waals surface area contributed by atoms with E-state index in [0.29, 0.717) is 0 Å². The first-order valence-electron chi connectivity index (χ1n) is 3.63. The van der Waals surface area contributed by atoms with Crippen molar-refractivity contribution in [2.75, 3.05) is 0 Å². The number of hydroxylamine groups is 2. The second kappa shape index (κ2) is 2.12. The molecule has 2 aliphatic rings. The molecule has 0 aromatic heterocycles. The molecule has 0 aromatic carbocycles. The molecule has 1 saturated heterocycles. The maximum atomic E-state index is 11.0. The minimum absolute atomic E-state index is 0.153. The van der Waals surface area contributed by atoms with Crippen molar-refractivity contribution in [3.63, 3.8) is 0 Å². The molecule has 1 heterocycles. The summed E-state index contributed by atoms with van der Waals surface area (Å²) in [4.78, 5) is 11.0. The van der Waals surface area contributed by atoms with Gasteiger partial charge in [0.15, 0.2) is 0 Å². The maximum Gasteiger partial charge on any atom is 0.267 e. The molecule has 4 nitrogen and oxygen atoms in total. The third-order valence-corrected chi connectivity index (χ3v) is 2.91. The first kappa shape index (κ1) is 7.39. The van der Waals surface area contributed by atoms with Crippen molar-refractivity contribution in [1.29, 1.82) is 0 Å². The first-order chi connectivity index (χ1) is 5.22. The van der Waals surface area contributed by atoms with Gasteiger partial charge in [0, 0.05) is 12.9 Å². The van der Waals surface area contributed by atoms with E-state index in [1.807, 2.05) is 0 Å². The van der Waals surface area contributed by atoms with Crippen LogP contribution in [0.15, 0.2) is 0 Å². The number of nitrogens with zero attached hydrogens (tertiary/aromatic N) is 1. The van der Waals surface area contributed by atoms with Crippen LogP contribution in [0.2, 0.25) is 0 Å². The lowest BCUT2D eigenvalue weighted by Gasteiger charge is -2.58. The zero-order valence-corrected chi connectivity index (χ0v) is 6.88. The van der Waals surface area contributed by atoms with Crippen LogP contribution in [-0.4, -0.2) is 22.6 Å². The van der Waals surface area contributed by atoms with Crippen LogP contribution in [0.25, 0.3) is 0 Å². The molecule has 1 aliphatic carbocycles. The Morgan fingerprint density at radius 2 is 2.36 bits per heavy atom. The fourth-order valence-electron chi connectivity index (χ4n) is 1.81. The number of thiol groups is 1. The molecule has 2 rings (SSSR count). The molecule has 5 heteroatoms. The molecular formula is C6H10N2O2S. The molecule has 1 atom stereocenters. The van der Waals surface area contributed by atoms with Gasteiger partial charge < -0.3 is 5.73 Å². The summed E-state index contributed by atoms with van der Waals surface area (Å²) in [5.74, 6) is -0.153. The van der Waals surface area contributed by atoms with Gasteiger partial charge in [0.1, 0.15) is 6.04 Å². The van der Waals surface area contributed by atoms with Gasteiger partial charge in [-0.25, -0.2) is 4.28 Å². The van der Waals surface area contributed by atoms with E-state index >= 15 is 0 Å². The van der Waals surface area contributed by atoms with Crippen LogP contribution in [0.5, 0.6) is 0 Å². The van der Waals surface area contributed by atoms with Crippen LogP contribution in [0, 0.1) is 0 Å². The third-order valence-electron chi connectivity index (χ3n) is 2.75. The second-order valence-corrected chi connectivity index (χ2v) is 3.31. The van der Waals surface area contributed by atoms with E-state index in [2.05, 4.69) is 17.2 Å². The van der Waals surface area contributed by atoms with Crippen LogP contribution in [-0.2, 0) is 9.08 Å². The largest absolute Gasteiger partial charge is 0.318 e. The Labute approximate surface area is 70.2 Å². The molecule has 1 spiro atoms. The highest BCUT2D eigenvalue weighted by molar-refractivity contribution is 7.75. The van der Waals surface area contributed by atoms with Crippen molar-refractivity contribution in [1.82, 2.24) is 5.06 Å². The van der Waals surface area contributed by atoms with Crippen LogP contribution >= 0.6 is 12.9 Å². The van der Waals surface area contributed by atoms with Crippen molar-refractivity contribution >= 4 is 18.8 Å². The van der Waals surface area contributed by atoms with E-state index in [9.17, 15) is 4.79 Å². The molecule has 62 valence electrons. The highest BCUT2D eigenvalue weighted by Gasteiger charge is 2.62. The van der Waals surface area contributed by atoms with Gasteiger partial charge in [-0.1, -0.05) is 0 Å². The molecule has 2 fully saturated rings. The number of rotatable bonds is 1. The summed E-state index contributed by atoms with van der Waals surface area (Å²) >= 11 is 3.60. The lowest BCUT2D eigenvalue weighted by molar-refractivity contribution is -0.232. The van der Waals surface area contributed by atoms with Gasteiger partial charge in [-0.05, 0) is 19.3 Å². The quantitative estimate of drug-likeness (QED) is 0.330. The van der Waals surface area contributed by atoms with E-state index in [1.165, 1.54) is 5.06 Å². The van der Waals surface area contributed by atoms with Gasteiger partial charge in [-0.15, -0.1) is 0 Å². The average molecular weight is 174 g/mol. The number of carbonyl (C=O) groups excluding carboxylic acids is 1. The topological polar surface area (TPSA) is 55.6 Å². The minimum atomic E-state index is -0.358. The molecular weight excluding hydrogens is 164 g/mol. The number of amides is 1. The van der Waals surface area contributed by atoms with E-state index in [0.717, 1.165) is 19.3 Å². The normalized spacial score (nSPS) is 33.5. The number of β-lactam (4-membered cyclic amide) rings is 1. The third kappa shape index (κ3) is 0.660. The predicted octanol–water partition coefficient (Wildman–Crippen LogP) is -0.145. The first-order valence-corrected chi connectivity index (χ1v) is 4.00. The van der Waals surface area contributed by atoms with Gasteiger partial charge in [0.05, 0.1) is 5.54 Å². The summed E-state index contributed by atoms with van der Waals surface area (Å²) in [5, 5.41) is 1.30. The van der Waals surface area contributed by atoms with E-state index < -0.39 is 0 Å². The Morgan fingerprint density at radius 1 is 1.73 bits per heavy atom. The molecule has 1 saturated carbocycles. The number of carbonyl (C=O) groups is 1. The zero-order valence-electron chi connectivity index (χ0n) is 5.99. The van der Waals surface area contributed by atoms with Crippen LogP contribution in [0.3, 0.4) is 0 Å². The lowest BCUT2D eigenvalue weighted by atomic mass is 9.66. The van der Waals surface area contributed by atoms with Gasteiger partial charge in [0.25, 0.3) is 5.91 Å². The summed E-state index contributed by atoms with van der Waals surface area (Å²) in [6.07, 6.45) is 3.01. The van der Waals surface area contributed by atoms with E-state index in [4.69, 9.17) is 5.73 Å². The zero-order chi connectivity index (χ0) is 8.06. The average Bonchev–Trinajstić information content (AvgIpc) is 1.93. The number of hydrogen-bond donors (Lipinski definition) is 2. The molecule has 2 N–H and O–H groups in total. The monoisotopic (exact) mass is 174 g/mol. The summed E-state index contributed by atoms with van der Waals surface area (Å²) in [6.45, 7) is 0. The van der Waals surface area contributed by atoms with Gasteiger partial charge in [-0.3, -0.25) is 4.79 Å². The number of hydrogen-bond acceptors (Lipinski definition) is 4. The van der Waals surface area contributed by atoms with Gasteiger partial charge in [0.2, 0.25) is 0 Å². The lowest BCUT2D eigenvalue weighted by Crippen LogP contribution is -2.79. The Bertz CT molecular complexity index is 205. The van der Waals surface area contributed by atoms with E-state index in [1.54, 1.807) is 0 Å². The fraction of sp³-hybridized carbons (Fsp3) is 0.833. The summed E-state index contributed by atoms with van der Waals surface area (Å²) in [6, 6.07) is -0.358. The van der Waals surface area contributed by atoms with Gasteiger partial charge >= 0.3 is 0 Å². The molecule has 0 aromatic rings. The molecule has 1 aliphatic heterocycles. The van der Waals surface area contributed by atoms with E-state index in [-0.39, 0.29) is 17.5 Å².